The molecule has 0 fully saturated rings. The quantitative estimate of drug-likeness (QED) is 0.746. The molecule has 0 N–H and O–H groups in total. The number of halogens is 2. The molecule has 0 saturated carbocycles. The third-order valence-electron chi connectivity index (χ3n) is 3.36. The van der Waals surface area contributed by atoms with Crippen LogP contribution < -0.4 is 0 Å². The van der Waals surface area contributed by atoms with Crippen molar-refractivity contribution >= 4 is 35.7 Å². The van der Waals surface area contributed by atoms with E-state index in [1.807, 2.05) is 14.0 Å². The van der Waals surface area contributed by atoms with Gasteiger partial charge < -0.3 is 0 Å². The summed E-state index contributed by atoms with van der Waals surface area (Å²) in [6, 6.07) is 0. The average Bonchev–Trinajstić information content (AvgIpc) is 2.79. The molecule has 0 radical (unpaired) electrons. The lowest BCUT2D eigenvalue weighted by Crippen LogP contribution is -2.09. The summed E-state index contributed by atoms with van der Waals surface area (Å²) in [5.41, 5.74) is 2.81. The molecule has 6 nitrogen and oxygen atoms in total. The SMILES string of the molecule is CCc1nn(C)c(Cn2nc(C)c(S(=O)(=O)Cl)c2C)c1Br. The van der Waals surface area contributed by atoms with Gasteiger partial charge in [-0.15, -0.1) is 0 Å². The van der Waals surface area contributed by atoms with Crippen LogP contribution in [0.2, 0.25) is 0 Å². The smallest absolute Gasteiger partial charge is 0.264 e. The normalized spacial score (nSPS) is 12.1. The van der Waals surface area contributed by atoms with Gasteiger partial charge in [-0.3, -0.25) is 9.36 Å². The van der Waals surface area contributed by atoms with Crippen LogP contribution in [0.4, 0.5) is 0 Å². The highest BCUT2D eigenvalue weighted by Crippen LogP contribution is 2.26. The molecule has 2 aromatic heterocycles. The maximum Gasteiger partial charge on any atom is 0.264 e. The number of hydrogen-bond acceptors (Lipinski definition) is 4. The summed E-state index contributed by atoms with van der Waals surface area (Å²) >= 11 is 3.54. The summed E-state index contributed by atoms with van der Waals surface area (Å²) in [7, 11) is 3.52. The van der Waals surface area contributed by atoms with Crippen LogP contribution in [0.15, 0.2) is 9.37 Å². The van der Waals surface area contributed by atoms with Crippen LogP contribution in [-0.4, -0.2) is 28.0 Å². The lowest BCUT2D eigenvalue weighted by Gasteiger charge is -2.06. The second kappa shape index (κ2) is 5.73. The van der Waals surface area contributed by atoms with Gasteiger partial charge in [-0.05, 0) is 36.2 Å². The summed E-state index contributed by atoms with van der Waals surface area (Å²) < 4.78 is 27.5. The Kier molecular flexibility index (Phi) is 4.51. The molecular formula is C12H16BrClN4O2S. The first-order valence-electron chi connectivity index (χ1n) is 6.35. The molecule has 2 heterocycles. The summed E-state index contributed by atoms with van der Waals surface area (Å²) in [5.74, 6) is 0. The maximum atomic E-state index is 11.6. The van der Waals surface area contributed by atoms with Crippen LogP contribution in [0, 0.1) is 13.8 Å². The minimum atomic E-state index is -3.80. The van der Waals surface area contributed by atoms with E-state index in [1.54, 1.807) is 23.2 Å². The van der Waals surface area contributed by atoms with Crippen molar-refractivity contribution in [2.24, 2.45) is 7.05 Å². The topological polar surface area (TPSA) is 69.8 Å². The van der Waals surface area contributed by atoms with Gasteiger partial charge in [0.1, 0.15) is 4.90 Å². The molecule has 21 heavy (non-hydrogen) atoms. The van der Waals surface area contributed by atoms with Crippen LogP contribution in [0.1, 0.15) is 29.7 Å². The number of nitrogens with zero attached hydrogens (tertiary/aromatic N) is 4. The predicted molar refractivity (Wildman–Crippen MR) is 84.1 cm³/mol. The van der Waals surface area contributed by atoms with Crippen molar-refractivity contribution in [2.45, 2.75) is 38.6 Å². The fraction of sp³-hybridized carbons (Fsp3) is 0.500. The van der Waals surface area contributed by atoms with Crippen LogP contribution in [0.5, 0.6) is 0 Å². The van der Waals surface area contributed by atoms with Crippen LogP contribution in [0.25, 0.3) is 0 Å². The van der Waals surface area contributed by atoms with Crippen molar-refractivity contribution < 1.29 is 8.42 Å². The van der Waals surface area contributed by atoms with E-state index >= 15 is 0 Å². The number of aromatic nitrogens is 4. The van der Waals surface area contributed by atoms with E-state index in [0.717, 1.165) is 22.3 Å². The monoisotopic (exact) mass is 394 g/mol. The molecule has 2 aromatic rings. The Hall–Kier alpha value is -0.860. The van der Waals surface area contributed by atoms with Gasteiger partial charge in [-0.1, -0.05) is 6.92 Å². The van der Waals surface area contributed by atoms with E-state index in [0.29, 0.717) is 17.9 Å². The van der Waals surface area contributed by atoms with E-state index < -0.39 is 9.05 Å². The second-order valence-corrected chi connectivity index (χ2v) is 8.08. The zero-order valence-electron chi connectivity index (χ0n) is 12.2. The molecule has 0 saturated heterocycles. The van der Waals surface area contributed by atoms with E-state index in [-0.39, 0.29) is 4.90 Å². The molecule has 0 aromatic carbocycles. The van der Waals surface area contributed by atoms with Gasteiger partial charge in [0.15, 0.2) is 0 Å². The lowest BCUT2D eigenvalue weighted by atomic mass is 10.3. The van der Waals surface area contributed by atoms with E-state index in [4.69, 9.17) is 10.7 Å². The van der Waals surface area contributed by atoms with Gasteiger partial charge in [0.25, 0.3) is 9.05 Å². The lowest BCUT2D eigenvalue weighted by molar-refractivity contribution is 0.597. The van der Waals surface area contributed by atoms with Gasteiger partial charge in [-0.25, -0.2) is 8.42 Å². The summed E-state index contributed by atoms with van der Waals surface area (Å²) in [6.07, 6.45) is 0.812. The fourth-order valence-electron chi connectivity index (χ4n) is 2.32. The van der Waals surface area contributed by atoms with Crippen molar-refractivity contribution in [1.29, 1.82) is 0 Å². The summed E-state index contributed by atoms with van der Waals surface area (Å²) in [6.45, 7) is 5.77. The number of hydrogen-bond donors (Lipinski definition) is 0. The Bertz CT molecular complexity index is 795. The Labute approximate surface area is 136 Å². The van der Waals surface area contributed by atoms with Crippen molar-refractivity contribution in [2.75, 3.05) is 0 Å². The fourth-order valence-corrected chi connectivity index (χ4v) is 4.58. The van der Waals surface area contributed by atoms with E-state index in [2.05, 4.69) is 26.1 Å². The van der Waals surface area contributed by atoms with Crippen molar-refractivity contribution in [3.05, 3.63) is 27.2 Å². The maximum absolute atomic E-state index is 11.6. The minimum absolute atomic E-state index is 0.0816. The summed E-state index contributed by atoms with van der Waals surface area (Å²) in [5, 5.41) is 8.70. The molecule has 0 bridgehead atoms. The van der Waals surface area contributed by atoms with Gasteiger partial charge in [0.2, 0.25) is 0 Å². The van der Waals surface area contributed by atoms with Crippen molar-refractivity contribution in [3.8, 4) is 0 Å². The molecule has 0 aliphatic rings. The third-order valence-corrected chi connectivity index (χ3v) is 5.82. The molecular weight excluding hydrogens is 380 g/mol. The highest BCUT2D eigenvalue weighted by molar-refractivity contribution is 9.10. The predicted octanol–water partition coefficient (Wildman–Crippen LogP) is 2.53. The summed E-state index contributed by atoms with van der Waals surface area (Å²) in [4.78, 5) is 0.0816. The Balaban J connectivity index is 2.49. The molecule has 0 aliphatic carbocycles. The van der Waals surface area contributed by atoms with Crippen molar-refractivity contribution in [3.63, 3.8) is 0 Å². The zero-order chi connectivity index (χ0) is 15.9. The Morgan fingerprint density at radius 3 is 2.33 bits per heavy atom. The van der Waals surface area contributed by atoms with Crippen LogP contribution >= 0.6 is 26.6 Å². The Morgan fingerprint density at radius 1 is 1.29 bits per heavy atom. The van der Waals surface area contributed by atoms with Crippen LogP contribution in [0.3, 0.4) is 0 Å². The van der Waals surface area contributed by atoms with Crippen molar-refractivity contribution in [1.82, 2.24) is 19.6 Å². The molecule has 0 amide bonds. The van der Waals surface area contributed by atoms with Gasteiger partial charge in [-0.2, -0.15) is 10.2 Å². The zero-order valence-corrected chi connectivity index (χ0v) is 15.3. The largest absolute Gasteiger partial charge is 0.269 e. The Morgan fingerprint density at radius 2 is 1.90 bits per heavy atom. The van der Waals surface area contributed by atoms with Gasteiger partial charge in [0, 0.05) is 17.7 Å². The molecule has 0 spiro atoms. The molecule has 0 unspecified atom stereocenters. The van der Waals surface area contributed by atoms with E-state index in [9.17, 15) is 8.42 Å². The first-order chi connectivity index (χ1) is 9.66. The first-order valence-corrected chi connectivity index (χ1v) is 9.46. The molecule has 0 aliphatic heterocycles. The highest BCUT2D eigenvalue weighted by Gasteiger charge is 2.23. The first kappa shape index (κ1) is 16.5. The standard InChI is InChI=1S/C12H16BrClN4O2S/c1-5-9-11(13)10(17(4)16-9)6-18-8(3)12(7(2)15-18)21(14,19)20/h5-6H2,1-4H3. The highest BCUT2D eigenvalue weighted by atomic mass is 79.9. The minimum Gasteiger partial charge on any atom is -0.269 e. The average molecular weight is 396 g/mol. The van der Waals surface area contributed by atoms with E-state index in [1.165, 1.54) is 0 Å². The van der Waals surface area contributed by atoms with Gasteiger partial charge in [0.05, 0.1) is 33.8 Å². The molecule has 9 heteroatoms. The third kappa shape index (κ3) is 3.02. The molecule has 0 atom stereocenters. The second-order valence-electron chi connectivity index (χ2n) is 4.78. The molecule has 116 valence electrons. The number of aryl methyl sites for hydroxylation is 3. The van der Waals surface area contributed by atoms with Crippen LogP contribution in [-0.2, 0) is 29.1 Å². The van der Waals surface area contributed by atoms with Gasteiger partial charge >= 0.3 is 0 Å². The number of rotatable bonds is 4. The molecule has 2 rings (SSSR count).